The van der Waals surface area contributed by atoms with Gasteiger partial charge in [0.15, 0.2) is 0 Å². The van der Waals surface area contributed by atoms with Crippen LogP contribution in [0.25, 0.3) is 17.1 Å². The highest BCUT2D eigenvalue weighted by Crippen LogP contribution is 2.27. The van der Waals surface area contributed by atoms with Crippen molar-refractivity contribution in [2.24, 2.45) is 7.05 Å². The maximum absolute atomic E-state index is 13.4. The number of rotatable bonds is 6. The van der Waals surface area contributed by atoms with Crippen LogP contribution in [-0.2, 0) is 13.7 Å². The van der Waals surface area contributed by atoms with Crippen LogP contribution >= 0.6 is 0 Å². The molecular formula is C25H28N6O2. The number of aromatic nitrogens is 6. The van der Waals surface area contributed by atoms with Crippen molar-refractivity contribution in [3.05, 3.63) is 81.5 Å². The van der Waals surface area contributed by atoms with Crippen molar-refractivity contribution in [1.82, 2.24) is 29.3 Å². The van der Waals surface area contributed by atoms with Crippen LogP contribution in [0.1, 0.15) is 48.1 Å². The van der Waals surface area contributed by atoms with E-state index in [9.17, 15) is 4.79 Å². The van der Waals surface area contributed by atoms with Crippen molar-refractivity contribution >= 4 is 0 Å². The molecule has 4 aromatic rings. The molecule has 0 unspecified atom stereocenters. The number of aryl methyl sites for hydroxylation is 1. The first kappa shape index (κ1) is 22.4. The van der Waals surface area contributed by atoms with Gasteiger partial charge in [-0.05, 0) is 45.0 Å². The van der Waals surface area contributed by atoms with Crippen LogP contribution < -0.4 is 10.3 Å². The molecule has 0 aromatic carbocycles. The standard InChI is InChI=1S/C25H28N6O2/c1-15(2)24-27-11-8-21(28-24)22-13-20(7-10-26-22)31-18(5)16(3)23(17(4)25(31)32)33-14-19-9-12-30(6)29-19/h7-13,15H,14H2,1-6H3. The zero-order valence-corrected chi connectivity index (χ0v) is 19.8. The lowest BCUT2D eigenvalue weighted by molar-refractivity contribution is 0.294. The van der Waals surface area contributed by atoms with E-state index in [1.807, 2.05) is 51.4 Å². The second kappa shape index (κ2) is 8.97. The molecule has 0 bridgehead atoms. The molecule has 8 heteroatoms. The number of pyridine rings is 2. The minimum atomic E-state index is -0.128. The number of hydrogen-bond acceptors (Lipinski definition) is 6. The van der Waals surface area contributed by atoms with Gasteiger partial charge in [-0.15, -0.1) is 0 Å². The molecule has 4 rings (SSSR count). The fourth-order valence-corrected chi connectivity index (χ4v) is 3.74. The first-order valence-corrected chi connectivity index (χ1v) is 10.9. The first-order chi connectivity index (χ1) is 15.8. The van der Waals surface area contributed by atoms with Crippen LogP contribution in [0.4, 0.5) is 0 Å². The van der Waals surface area contributed by atoms with Crippen molar-refractivity contribution < 1.29 is 4.74 Å². The second-order valence-electron chi connectivity index (χ2n) is 8.43. The summed E-state index contributed by atoms with van der Waals surface area (Å²) >= 11 is 0. The Kier molecular flexibility index (Phi) is 6.09. The third-order valence-electron chi connectivity index (χ3n) is 5.67. The Morgan fingerprint density at radius 2 is 1.76 bits per heavy atom. The van der Waals surface area contributed by atoms with Gasteiger partial charge in [0.25, 0.3) is 5.56 Å². The first-order valence-electron chi connectivity index (χ1n) is 10.9. The molecule has 0 saturated carbocycles. The molecule has 4 heterocycles. The Bertz CT molecular complexity index is 1370. The van der Waals surface area contributed by atoms with E-state index in [2.05, 4.69) is 33.9 Å². The maximum Gasteiger partial charge on any atom is 0.261 e. The molecule has 8 nitrogen and oxygen atoms in total. The molecule has 0 spiro atoms. The zero-order valence-electron chi connectivity index (χ0n) is 19.8. The molecule has 0 fully saturated rings. The van der Waals surface area contributed by atoms with Crippen LogP contribution in [0.2, 0.25) is 0 Å². The normalized spacial score (nSPS) is 11.2. The monoisotopic (exact) mass is 444 g/mol. The number of ether oxygens (including phenoxy) is 1. The van der Waals surface area contributed by atoms with Gasteiger partial charge in [0.05, 0.1) is 28.3 Å². The van der Waals surface area contributed by atoms with Crippen LogP contribution in [0.3, 0.4) is 0 Å². The van der Waals surface area contributed by atoms with E-state index in [-0.39, 0.29) is 11.5 Å². The molecule has 170 valence electrons. The lowest BCUT2D eigenvalue weighted by atomic mass is 10.1. The average molecular weight is 445 g/mol. The smallest absolute Gasteiger partial charge is 0.261 e. The fourth-order valence-electron chi connectivity index (χ4n) is 3.74. The Labute approximate surface area is 192 Å². The quantitative estimate of drug-likeness (QED) is 0.446. The highest BCUT2D eigenvalue weighted by atomic mass is 16.5. The molecule has 0 atom stereocenters. The molecule has 0 amide bonds. The molecule has 0 aliphatic carbocycles. The Morgan fingerprint density at radius 1 is 1.00 bits per heavy atom. The van der Waals surface area contributed by atoms with Crippen molar-refractivity contribution in [2.45, 2.75) is 47.1 Å². The van der Waals surface area contributed by atoms with Crippen LogP contribution in [-0.4, -0.2) is 29.3 Å². The van der Waals surface area contributed by atoms with Crippen molar-refractivity contribution in [3.8, 4) is 22.8 Å². The van der Waals surface area contributed by atoms with E-state index in [1.165, 1.54) is 0 Å². The molecule has 0 N–H and O–H groups in total. The minimum Gasteiger partial charge on any atom is -0.486 e. The van der Waals surface area contributed by atoms with Crippen LogP contribution in [0, 0.1) is 20.8 Å². The van der Waals surface area contributed by atoms with Gasteiger partial charge in [0, 0.05) is 42.8 Å². The van der Waals surface area contributed by atoms with Gasteiger partial charge < -0.3 is 4.74 Å². The van der Waals surface area contributed by atoms with E-state index < -0.39 is 0 Å². The van der Waals surface area contributed by atoms with Gasteiger partial charge in [-0.25, -0.2) is 9.97 Å². The Hall–Kier alpha value is -3.81. The largest absolute Gasteiger partial charge is 0.486 e. The van der Waals surface area contributed by atoms with E-state index in [0.29, 0.717) is 23.6 Å². The van der Waals surface area contributed by atoms with Gasteiger partial charge in [0.1, 0.15) is 18.2 Å². The second-order valence-corrected chi connectivity index (χ2v) is 8.43. The maximum atomic E-state index is 13.4. The summed E-state index contributed by atoms with van der Waals surface area (Å²) in [5.41, 5.74) is 5.10. The third-order valence-corrected chi connectivity index (χ3v) is 5.67. The summed E-state index contributed by atoms with van der Waals surface area (Å²) < 4.78 is 9.46. The fraction of sp³-hybridized carbons (Fsp3) is 0.320. The van der Waals surface area contributed by atoms with E-state index in [4.69, 9.17) is 4.74 Å². The molecule has 0 aliphatic rings. The summed E-state index contributed by atoms with van der Waals surface area (Å²) in [4.78, 5) is 26.8. The summed E-state index contributed by atoms with van der Waals surface area (Å²) in [6.45, 7) is 10.1. The highest BCUT2D eigenvalue weighted by Gasteiger charge is 2.18. The molecule has 0 aliphatic heterocycles. The van der Waals surface area contributed by atoms with Gasteiger partial charge in [0.2, 0.25) is 0 Å². The summed E-state index contributed by atoms with van der Waals surface area (Å²) in [5.74, 6) is 1.57. The summed E-state index contributed by atoms with van der Waals surface area (Å²) in [5, 5.41) is 4.34. The van der Waals surface area contributed by atoms with E-state index in [0.717, 1.165) is 34.2 Å². The summed E-state index contributed by atoms with van der Waals surface area (Å²) in [6.07, 6.45) is 5.31. The molecular weight excluding hydrogens is 416 g/mol. The summed E-state index contributed by atoms with van der Waals surface area (Å²) in [7, 11) is 1.86. The van der Waals surface area contributed by atoms with Gasteiger partial charge in [-0.1, -0.05) is 13.8 Å². The molecule has 0 saturated heterocycles. The molecule has 0 radical (unpaired) electrons. The van der Waals surface area contributed by atoms with Crippen LogP contribution in [0.15, 0.2) is 47.7 Å². The van der Waals surface area contributed by atoms with E-state index in [1.54, 1.807) is 28.6 Å². The third kappa shape index (κ3) is 4.41. The van der Waals surface area contributed by atoms with Crippen molar-refractivity contribution in [2.75, 3.05) is 0 Å². The van der Waals surface area contributed by atoms with E-state index >= 15 is 0 Å². The predicted molar refractivity (Wildman–Crippen MR) is 127 cm³/mol. The van der Waals surface area contributed by atoms with Gasteiger partial charge in [-0.2, -0.15) is 5.10 Å². The highest BCUT2D eigenvalue weighted by molar-refractivity contribution is 5.58. The predicted octanol–water partition coefficient (Wildman–Crippen LogP) is 4.05. The summed E-state index contributed by atoms with van der Waals surface area (Å²) in [6, 6.07) is 7.44. The Morgan fingerprint density at radius 3 is 2.45 bits per heavy atom. The van der Waals surface area contributed by atoms with Crippen LogP contribution in [0.5, 0.6) is 5.75 Å². The van der Waals surface area contributed by atoms with Crippen molar-refractivity contribution in [3.63, 3.8) is 0 Å². The topological polar surface area (TPSA) is 87.7 Å². The number of hydrogen-bond donors (Lipinski definition) is 0. The SMILES string of the molecule is Cc1c(OCc2ccn(C)n2)c(C)c(=O)n(-c2ccnc(-c3ccnc(C(C)C)n3)c2)c1C. The lowest BCUT2D eigenvalue weighted by Crippen LogP contribution is -2.25. The number of nitrogens with zero attached hydrogens (tertiary/aromatic N) is 6. The zero-order chi connectivity index (χ0) is 23.7. The lowest BCUT2D eigenvalue weighted by Gasteiger charge is -2.19. The average Bonchev–Trinajstić information content (AvgIpc) is 3.23. The van der Waals surface area contributed by atoms with Gasteiger partial charge in [-0.3, -0.25) is 19.0 Å². The van der Waals surface area contributed by atoms with Crippen molar-refractivity contribution in [1.29, 1.82) is 0 Å². The Balaban J connectivity index is 1.73. The minimum absolute atomic E-state index is 0.128. The van der Waals surface area contributed by atoms with Gasteiger partial charge >= 0.3 is 0 Å². The molecule has 33 heavy (non-hydrogen) atoms. The molecule has 4 aromatic heterocycles.